The van der Waals surface area contributed by atoms with Crippen LogP contribution in [0.5, 0.6) is 0 Å². The van der Waals surface area contributed by atoms with Gasteiger partial charge in [-0.3, -0.25) is 14.7 Å². The van der Waals surface area contributed by atoms with E-state index in [0.717, 1.165) is 51.1 Å². The maximum Gasteiger partial charge on any atom is 0.335 e. The molecule has 2 atom stereocenters. The van der Waals surface area contributed by atoms with E-state index in [4.69, 9.17) is 10.5 Å². The lowest BCUT2D eigenvalue weighted by molar-refractivity contribution is -0.169. The van der Waals surface area contributed by atoms with E-state index in [1.54, 1.807) is 12.4 Å². The van der Waals surface area contributed by atoms with Crippen molar-refractivity contribution in [2.45, 2.75) is 50.6 Å². The van der Waals surface area contributed by atoms with Gasteiger partial charge in [-0.15, -0.1) is 24.8 Å². The number of esters is 2. The van der Waals surface area contributed by atoms with Crippen LogP contribution in [0.25, 0.3) is 0 Å². The van der Waals surface area contributed by atoms with Crippen molar-refractivity contribution < 1.29 is 14.3 Å². The van der Waals surface area contributed by atoms with Crippen molar-refractivity contribution in [1.82, 2.24) is 9.88 Å². The first kappa shape index (κ1) is 24.6. The quantitative estimate of drug-likeness (QED) is 0.577. The Morgan fingerprint density at radius 3 is 2.21 bits per heavy atom. The molecule has 1 aliphatic carbocycles. The topological polar surface area (TPSA) is 88.8 Å². The van der Waals surface area contributed by atoms with E-state index in [1.165, 1.54) is 6.92 Å². The molecule has 1 saturated carbocycles. The molecule has 0 bridgehead atoms. The standard InChI is InChI=1S/C19H28N4O3.2ClH/c1-15(24)26-17(25)19(20)8-4-3-7-18(19,2)23-13-11-22(12-14-23)16-5-9-21-10-6-16;;/h5-6,9-10H,3-4,7-8,11-14,20H2,1-2H3;2*1H. The van der Waals surface area contributed by atoms with Gasteiger partial charge in [0, 0.05) is 56.7 Å². The average Bonchev–Trinajstić information content (AvgIpc) is 2.64. The van der Waals surface area contributed by atoms with Gasteiger partial charge < -0.3 is 15.4 Å². The van der Waals surface area contributed by atoms with Gasteiger partial charge in [0.05, 0.1) is 0 Å². The Hall–Kier alpha value is -1.41. The lowest BCUT2D eigenvalue weighted by Gasteiger charge is -2.55. The zero-order valence-electron chi connectivity index (χ0n) is 16.4. The fourth-order valence-electron chi connectivity index (χ4n) is 4.36. The summed E-state index contributed by atoms with van der Waals surface area (Å²) in [5.41, 5.74) is 6.10. The first-order valence-electron chi connectivity index (χ1n) is 9.28. The zero-order valence-corrected chi connectivity index (χ0v) is 18.1. The summed E-state index contributed by atoms with van der Waals surface area (Å²) in [6.07, 6.45) is 6.86. The van der Waals surface area contributed by atoms with Crippen LogP contribution in [0.15, 0.2) is 24.5 Å². The van der Waals surface area contributed by atoms with Gasteiger partial charge in [0.2, 0.25) is 0 Å². The van der Waals surface area contributed by atoms with E-state index in [2.05, 4.69) is 21.7 Å². The molecular formula is C19H30Cl2N4O3. The number of hydrogen-bond donors (Lipinski definition) is 1. The van der Waals surface area contributed by atoms with Crippen LogP contribution in [-0.2, 0) is 14.3 Å². The molecule has 2 heterocycles. The first-order valence-corrected chi connectivity index (χ1v) is 9.28. The third-order valence-corrected chi connectivity index (χ3v) is 6.05. The average molecular weight is 433 g/mol. The fourth-order valence-corrected chi connectivity index (χ4v) is 4.36. The second-order valence-corrected chi connectivity index (χ2v) is 7.51. The number of carbonyl (C=O) groups excluding carboxylic acids is 2. The second-order valence-electron chi connectivity index (χ2n) is 7.51. The summed E-state index contributed by atoms with van der Waals surface area (Å²) >= 11 is 0. The van der Waals surface area contributed by atoms with Crippen LogP contribution in [0.4, 0.5) is 5.69 Å². The highest BCUT2D eigenvalue weighted by Gasteiger charge is 2.56. The summed E-state index contributed by atoms with van der Waals surface area (Å²) < 4.78 is 4.92. The molecule has 2 N–H and O–H groups in total. The third kappa shape index (κ3) is 4.59. The number of nitrogens with zero attached hydrogens (tertiary/aromatic N) is 3. The highest BCUT2D eigenvalue weighted by molar-refractivity contribution is 5.91. The van der Waals surface area contributed by atoms with Crippen molar-refractivity contribution in [2.75, 3.05) is 31.1 Å². The fraction of sp³-hybridized carbons (Fsp3) is 0.632. The molecule has 2 fully saturated rings. The smallest absolute Gasteiger partial charge is 0.335 e. The summed E-state index contributed by atoms with van der Waals surface area (Å²) in [5.74, 6) is -1.20. The van der Waals surface area contributed by atoms with Gasteiger partial charge in [-0.2, -0.15) is 0 Å². The number of nitrogens with two attached hydrogens (primary N) is 1. The van der Waals surface area contributed by atoms with E-state index in [9.17, 15) is 9.59 Å². The Morgan fingerprint density at radius 2 is 1.64 bits per heavy atom. The van der Waals surface area contributed by atoms with E-state index < -0.39 is 23.0 Å². The number of halogens is 2. The van der Waals surface area contributed by atoms with Gasteiger partial charge in [0.25, 0.3) is 0 Å². The van der Waals surface area contributed by atoms with Crippen LogP contribution in [0.3, 0.4) is 0 Å². The van der Waals surface area contributed by atoms with E-state index in [0.29, 0.717) is 6.42 Å². The van der Waals surface area contributed by atoms with Crippen molar-refractivity contribution in [3.05, 3.63) is 24.5 Å². The molecular weight excluding hydrogens is 403 g/mol. The highest BCUT2D eigenvalue weighted by Crippen LogP contribution is 2.41. The van der Waals surface area contributed by atoms with Crippen LogP contribution in [0.1, 0.15) is 39.5 Å². The number of piperazine rings is 1. The molecule has 0 radical (unpaired) electrons. The molecule has 3 rings (SSSR count). The maximum atomic E-state index is 12.7. The molecule has 1 aromatic heterocycles. The molecule has 158 valence electrons. The molecule has 2 aliphatic rings. The summed E-state index contributed by atoms with van der Waals surface area (Å²) in [4.78, 5) is 32.7. The normalized spacial score (nSPS) is 27.9. The summed E-state index contributed by atoms with van der Waals surface area (Å²) in [7, 11) is 0. The largest absolute Gasteiger partial charge is 0.392 e. The van der Waals surface area contributed by atoms with Crippen molar-refractivity contribution in [3.63, 3.8) is 0 Å². The van der Waals surface area contributed by atoms with Gasteiger partial charge in [0.1, 0.15) is 5.54 Å². The number of anilines is 1. The molecule has 28 heavy (non-hydrogen) atoms. The van der Waals surface area contributed by atoms with E-state index in [-0.39, 0.29) is 24.8 Å². The van der Waals surface area contributed by atoms with Gasteiger partial charge in [-0.1, -0.05) is 12.8 Å². The minimum Gasteiger partial charge on any atom is -0.392 e. The summed E-state index contributed by atoms with van der Waals surface area (Å²) in [6.45, 7) is 6.63. The lowest BCUT2D eigenvalue weighted by atomic mass is 9.67. The Bertz CT molecular complexity index is 670. The Balaban J connectivity index is 0.00000196. The predicted molar refractivity (Wildman–Crippen MR) is 113 cm³/mol. The number of pyridine rings is 1. The molecule has 1 aliphatic heterocycles. The number of hydrogen-bond acceptors (Lipinski definition) is 7. The minimum atomic E-state index is -1.16. The van der Waals surface area contributed by atoms with Crippen LogP contribution in [-0.4, -0.2) is 59.1 Å². The third-order valence-electron chi connectivity index (χ3n) is 6.05. The molecule has 0 aromatic carbocycles. The number of rotatable bonds is 3. The zero-order chi connectivity index (χ0) is 18.8. The number of carbonyl (C=O) groups is 2. The molecule has 0 spiro atoms. The highest BCUT2D eigenvalue weighted by atomic mass is 35.5. The molecule has 2 unspecified atom stereocenters. The van der Waals surface area contributed by atoms with Gasteiger partial charge in [0.15, 0.2) is 0 Å². The molecule has 9 heteroatoms. The monoisotopic (exact) mass is 432 g/mol. The Morgan fingerprint density at radius 1 is 1.07 bits per heavy atom. The summed E-state index contributed by atoms with van der Waals surface area (Å²) in [5, 5.41) is 0. The Labute approximate surface area is 178 Å². The van der Waals surface area contributed by atoms with Gasteiger partial charge >= 0.3 is 11.9 Å². The predicted octanol–water partition coefficient (Wildman–Crippen LogP) is 2.17. The second kappa shape index (κ2) is 9.87. The summed E-state index contributed by atoms with van der Waals surface area (Å²) in [6, 6.07) is 4.02. The van der Waals surface area contributed by atoms with Crippen molar-refractivity contribution in [3.8, 4) is 0 Å². The first-order chi connectivity index (χ1) is 12.4. The number of ether oxygens (including phenoxy) is 1. The Kier molecular flexibility index (Phi) is 8.68. The van der Waals surface area contributed by atoms with Crippen LogP contribution >= 0.6 is 24.8 Å². The molecule has 1 saturated heterocycles. The van der Waals surface area contributed by atoms with Crippen molar-refractivity contribution >= 4 is 42.4 Å². The van der Waals surface area contributed by atoms with Crippen LogP contribution in [0, 0.1) is 0 Å². The minimum absolute atomic E-state index is 0. The molecule has 0 amide bonds. The van der Waals surface area contributed by atoms with Crippen LogP contribution in [0.2, 0.25) is 0 Å². The van der Waals surface area contributed by atoms with E-state index >= 15 is 0 Å². The van der Waals surface area contributed by atoms with Crippen molar-refractivity contribution in [1.29, 1.82) is 0 Å². The number of aromatic nitrogens is 1. The van der Waals surface area contributed by atoms with Crippen LogP contribution < -0.4 is 10.6 Å². The van der Waals surface area contributed by atoms with E-state index in [1.807, 2.05) is 12.1 Å². The lowest BCUT2D eigenvalue weighted by Crippen LogP contribution is -2.74. The van der Waals surface area contributed by atoms with Crippen molar-refractivity contribution in [2.24, 2.45) is 5.73 Å². The molecule has 1 aromatic rings. The molecule has 7 nitrogen and oxygen atoms in total. The maximum absolute atomic E-state index is 12.7. The SMILES string of the molecule is CC(=O)OC(=O)C1(N)CCCCC1(C)N1CCN(c2ccncc2)CC1.Cl.Cl. The van der Waals surface area contributed by atoms with Gasteiger partial charge in [-0.25, -0.2) is 4.79 Å². The van der Waals surface area contributed by atoms with Gasteiger partial charge in [-0.05, 0) is 31.9 Å².